The highest BCUT2D eigenvalue weighted by atomic mass is 19.1. The number of nitrogens with zero attached hydrogens (tertiary/aromatic N) is 4. The molecule has 0 spiro atoms. The van der Waals surface area contributed by atoms with Crippen molar-refractivity contribution < 1.29 is 9.13 Å². The van der Waals surface area contributed by atoms with Crippen LogP contribution in [0.15, 0.2) is 30.5 Å². The van der Waals surface area contributed by atoms with Gasteiger partial charge in [-0.3, -0.25) is 0 Å². The Morgan fingerprint density at radius 3 is 2.90 bits per heavy atom. The number of benzene rings is 1. The summed E-state index contributed by atoms with van der Waals surface area (Å²) in [7, 11) is 0. The third-order valence-corrected chi connectivity index (χ3v) is 2.94. The van der Waals surface area contributed by atoms with E-state index in [0.29, 0.717) is 30.7 Å². The molecule has 1 aromatic heterocycles. The molecule has 3 rings (SSSR count). The maximum Gasteiger partial charge on any atom is 0.247 e. The van der Waals surface area contributed by atoms with Crippen molar-refractivity contribution in [2.75, 3.05) is 36.5 Å². The highest BCUT2D eigenvalue weighted by Gasteiger charge is 2.14. The number of aromatic nitrogens is 3. The van der Waals surface area contributed by atoms with E-state index in [-0.39, 0.29) is 5.82 Å². The number of hydrogen-bond acceptors (Lipinski definition) is 6. The Bertz CT molecular complexity index is 588. The van der Waals surface area contributed by atoms with Gasteiger partial charge in [0.15, 0.2) is 5.82 Å². The molecule has 6 nitrogen and oxygen atoms in total. The molecule has 0 atom stereocenters. The Labute approximate surface area is 115 Å². The van der Waals surface area contributed by atoms with E-state index < -0.39 is 0 Å². The molecule has 1 aliphatic rings. The largest absolute Gasteiger partial charge is 0.378 e. The van der Waals surface area contributed by atoms with E-state index in [4.69, 9.17) is 4.74 Å². The molecule has 1 fully saturated rings. The summed E-state index contributed by atoms with van der Waals surface area (Å²) < 4.78 is 18.4. The van der Waals surface area contributed by atoms with Gasteiger partial charge >= 0.3 is 0 Å². The lowest BCUT2D eigenvalue weighted by Gasteiger charge is -2.26. The minimum absolute atomic E-state index is 0.301. The fourth-order valence-corrected chi connectivity index (χ4v) is 1.97. The van der Waals surface area contributed by atoms with Crippen LogP contribution in [0.1, 0.15) is 0 Å². The number of nitrogens with one attached hydrogen (secondary N) is 1. The second-order valence-corrected chi connectivity index (χ2v) is 4.38. The van der Waals surface area contributed by atoms with Crippen LogP contribution in [-0.4, -0.2) is 41.5 Å². The zero-order valence-corrected chi connectivity index (χ0v) is 10.8. The quantitative estimate of drug-likeness (QED) is 0.917. The Kier molecular flexibility index (Phi) is 3.69. The lowest BCUT2D eigenvalue weighted by Crippen LogP contribution is -2.37. The Balaban J connectivity index is 1.77. The average Bonchev–Trinajstić information content (AvgIpc) is 2.48. The topological polar surface area (TPSA) is 63.2 Å². The minimum Gasteiger partial charge on any atom is -0.378 e. The number of hydrogen-bond donors (Lipinski definition) is 1. The molecule has 0 amide bonds. The van der Waals surface area contributed by atoms with Crippen LogP contribution in [0.3, 0.4) is 0 Å². The monoisotopic (exact) mass is 275 g/mol. The van der Waals surface area contributed by atoms with Crippen molar-refractivity contribution in [2.45, 2.75) is 0 Å². The van der Waals surface area contributed by atoms with E-state index in [1.165, 1.54) is 18.3 Å². The van der Waals surface area contributed by atoms with Gasteiger partial charge in [-0.2, -0.15) is 10.1 Å². The van der Waals surface area contributed by atoms with Gasteiger partial charge in [-0.25, -0.2) is 4.39 Å². The second-order valence-electron chi connectivity index (χ2n) is 4.38. The molecule has 2 aromatic rings. The molecule has 2 heterocycles. The maximum atomic E-state index is 13.1. The van der Waals surface area contributed by atoms with Gasteiger partial charge in [0.05, 0.1) is 19.4 Å². The SMILES string of the molecule is Fc1cccc(Nc2cnnc(N3CCOCC3)n2)c1. The van der Waals surface area contributed by atoms with E-state index in [0.717, 1.165) is 13.1 Å². The molecule has 0 radical (unpaired) electrons. The Morgan fingerprint density at radius 1 is 1.25 bits per heavy atom. The fraction of sp³-hybridized carbons (Fsp3) is 0.308. The predicted octanol–water partition coefficient (Wildman–Crippen LogP) is 1.59. The summed E-state index contributed by atoms with van der Waals surface area (Å²) in [6.07, 6.45) is 1.51. The molecule has 20 heavy (non-hydrogen) atoms. The predicted molar refractivity (Wildman–Crippen MR) is 72.5 cm³/mol. The van der Waals surface area contributed by atoms with E-state index >= 15 is 0 Å². The normalized spacial score (nSPS) is 15.2. The summed E-state index contributed by atoms with van der Waals surface area (Å²) in [5.41, 5.74) is 0.624. The van der Waals surface area contributed by atoms with Gasteiger partial charge in [0, 0.05) is 18.8 Å². The van der Waals surface area contributed by atoms with Crippen LogP contribution in [0.2, 0.25) is 0 Å². The van der Waals surface area contributed by atoms with E-state index in [1.807, 2.05) is 4.90 Å². The molecule has 1 N–H and O–H groups in total. The summed E-state index contributed by atoms with van der Waals surface area (Å²) in [4.78, 5) is 6.39. The summed E-state index contributed by atoms with van der Waals surface area (Å²) >= 11 is 0. The van der Waals surface area contributed by atoms with Crippen molar-refractivity contribution in [1.29, 1.82) is 0 Å². The first-order valence-corrected chi connectivity index (χ1v) is 6.36. The lowest BCUT2D eigenvalue weighted by molar-refractivity contribution is 0.122. The van der Waals surface area contributed by atoms with E-state index in [2.05, 4.69) is 20.5 Å². The molecule has 0 unspecified atom stereocenters. The third-order valence-electron chi connectivity index (χ3n) is 2.94. The van der Waals surface area contributed by atoms with Crippen LogP contribution in [0, 0.1) is 5.82 Å². The van der Waals surface area contributed by atoms with Gasteiger partial charge < -0.3 is 15.0 Å². The molecule has 0 bridgehead atoms. The van der Waals surface area contributed by atoms with Crippen LogP contribution in [0.5, 0.6) is 0 Å². The maximum absolute atomic E-state index is 13.1. The van der Waals surface area contributed by atoms with Gasteiger partial charge in [-0.1, -0.05) is 6.07 Å². The van der Waals surface area contributed by atoms with Crippen LogP contribution >= 0.6 is 0 Å². The number of ether oxygens (including phenoxy) is 1. The van der Waals surface area contributed by atoms with Crippen molar-refractivity contribution >= 4 is 17.5 Å². The smallest absolute Gasteiger partial charge is 0.247 e. The molecule has 1 aromatic carbocycles. The zero-order chi connectivity index (χ0) is 13.8. The van der Waals surface area contributed by atoms with Gasteiger partial charge in [0.2, 0.25) is 5.95 Å². The lowest BCUT2D eigenvalue weighted by atomic mass is 10.3. The molecular formula is C13H14FN5O. The van der Waals surface area contributed by atoms with Crippen molar-refractivity contribution in [3.63, 3.8) is 0 Å². The van der Waals surface area contributed by atoms with Crippen LogP contribution in [-0.2, 0) is 4.74 Å². The third kappa shape index (κ3) is 3.00. The van der Waals surface area contributed by atoms with Gasteiger partial charge in [0.1, 0.15) is 5.82 Å². The Hall–Kier alpha value is -2.28. The molecule has 7 heteroatoms. The summed E-state index contributed by atoms with van der Waals surface area (Å²) in [5.74, 6) is 0.784. The van der Waals surface area contributed by atoms with Crippen molar-refractivity contribution in [3.8, 4) is 0 Å². The summed E-state index contributed by atoms with van der Waals surface area (Å²) in [6, 6.07) is 6.19. The van der Waals surface area contributed by atoms with Gasteiger partial charge in [-0.05, 0) is 18.2 Å². The van der Waals surface area contributed by atoms with Crippen molar-refractivity contribution in [3.05, 3.63) is 36.3 Å². The highest BCUT2D eigenvalue weighted by Crippen LogP contribution is 2.17. The first-order chi connectivity index (χ1) is 9.81. The molecule has 1 aliphatic heterocycles. The Morgan fingerprint density at radius 2 is 2.10 bits per heavy atom. The van der Waals surface area contributed by atoms with Gasteiger partial charge in [0.25, 0.3) is 0 Å². The summed E-state index contributed by atoms with van der Waals surface area (Å²) in [5, 5.41) is 11.0. The van der Waals surface area contributed by atoms with E-state index in [1.54, 1.807) is 12.1 Å². The van der Waals surface area contributed by atoms with Crippen LogP contribution < -0.4 is 10.2 Å². The second kappa shape index (κ2) is 5.79. The number of anilines is 3. The first-order valence-electron chi connectivity index (χ1n) is 6.36. The van der Waals surface area contributed by atoms with Crippen LogP contribution in [0.25, 0.3) is 0 Å². The fourth-order valence-electron chi connectivity index (χ4n) is 1.97. The average molecular weight is 275 g/mol. The van der Waals surface area contributed by atoms with E-state index in [9.17, 15) is 4.39 Å². The molecule has 104 valence electrons. The molecule has 0 saturated carbocycles. The standard InChI is InChI=1S/C13H14FN5O/c14-10-2-1-3-11(8-10)16-12-9-15-18-13(17-12)19-4-6-20-7-5-19/h1-3,8-9H,4-7H2,(H,16,17,18). The number of rotatable bonds is 3. The zero-order valence-electron chi connectivity index (χ0n) is 10.8. The van der Waals surface area contributed by atoms with Crippen LogP contribution in [0.4, 0.5) is 21.8 Å². The first kappa shape index (κ1) is 12.7. The number of morpholine rings is 1. The van der Waals surface area contributed by atoms with Crippen molar-refractivity contribution in [2.24, 2.45) is 0 Å². The molecular weight excluding hydrogens is 261 g/mol. The molecule has 1 saturated heterocycles. The van der Waals surface area contributed by atoms with Crippen molar-refractivity contribution in [1.82, 2.24) is 15.2 Å². The van der Waals surface area contributed by atoms with Gasteiger partial charge in [-0.15, -0.1) is 5.10 Å². The summed E-state index contributed by atoms with van der Waals surface area (Å²) in [6.45, 7) is 2.80. The number of halogens is 1. The highest BCUT2D eigenvalue weighted by molar-refractivity contribution is 5.56. The molecule has 0 aliphatic carbocycles. The minimum atomic E-state index is -0.301.